The third-order valence-electron chi connectivity index (χ3n) is 3.95. The zero-order chi connectivity index (χ0) is 13.7. The molecule has 0 unspecified atom stereocenters. The fourth-order valence-corrected chi connectivity index (χ4v) is 2.40. The van der Waals surface area contributed by atoms with Crippen molar-refractivity contribution in [3.05, 3.63) is 77.7 Å². The van der Waals surface area contributed by atoms with Crippen molar-refractivity contribution in [3.63, 3.8) is 0 Å². The van der Waals surface area contributed by atoms with Crippen LogP contribution in [0.1, 0.15) is 44.7 Å². The largest absolute Gasteiger partial charge is 0.0622 e. The second-order valence-electron chi connectivity index (χ2n) is 5.90. The van der Waals surface area contributed by atoms with Gasteiger partial charge in [-0.25, -0.2) is 0 Å². The van der Waals surface area contributed by atoms with E-state index in [0.29, 0.717) is 0 Å². The van der Waals surface area contributed by atoms with Gasteiger partial charge in [-0.15, -0.1) is 0 Å². The highest BCUT2D eigenvalue weighted by atomic mass is 14.3. The summed E-state index contributed by atoms with van der Waals surface area (Å²) in [7, 11) is 0. The van der Waals surface area contributed by atoms with E-state index in [9.17, 15) is 0 Å². The molecule has 0 amide bonds. The van der Waals surface area contributed by atoms with E-state index in [2.05, 4.69) is 81.4 Å². The summed E-state index contributed by atoms with van der Waals surface area (Å²) < 4.78 is 0. The van der Waals surface area contributed by atoms with Gasteiger partial charge < -0.3 is 0 Å². The average Bonchev–Trinajstić information content (AvgIpc) is 2.47. The molecule has 0 heterocycles. The van der Waals surface area contributed by atoms with Crippen molar-refractivity contribution in [3.8, 4) is 0 Å². The summed E-state index contributed by atoms with van der Waals surface area (Å²) in [5, 5.41) is 0. The van der Waals surface area contributed by atoms with Crippen LogP contribution in [0.5, 0.6) is 0 Å². The predicted molar refractivity (Wildman–Crippen MR) is 83.2 cm³/mol. The van der Waals surface area contributed by atoms with E-state index in [0.717, 1.165) is 6.42 Å². The Balaban J connectivity index is 1.99. The van der Waals surface area contributed by atoms with Crippen LogP contribution in [-0.2, 0) is 5.41 Å². The molecule has 0 aliphatic heterocycles. The van der Waals surface area contributed by atoms with E-state index < -0.39 is 0 Å². The standard InChI is InChI=1S/C19H23/c1-16(17-10-6-4-7-11-17)14-15-19(2,3)18-12-8-5-9-13-18/h4-13H,14-15H2,1-3H3. The Morgan fingerprint density at radius 3 is 1.95 bits per heavy atom. The lowest BCUT2D eigenvalue weighted by molar-refractivity contribution is 0.469. The van der Waals surface area contributed by atoms with Gasteiger partial charge in [0.25, 0.3) is 0 Å². The van der Waals surface area contributed by atoms with Gasteiger partial charge in [-0.3, -0.25) is 0 Å². The molecule has 2 rings (SSSR count). The molecule has 0 spiro atoms. The molecule has 2 aromatic rings. The van der Waals surface area contributed by atoms with Crippen LogP contribution in [0.25, 0.3) is 0 Å². The average molecular weight is 251 g/mol. The zero-order valence-corrected chi connectivity index (χ0v) is 12.2. The van der Waals surface area contributed by atoms with E-state index in [1.165, 1.54) is 23.5 Å². The Labute approximate surface area is 117 Å². The first-order valence-corrected chi connectivity index (χ1v) is 7.03. The first-order chi connectivity index (χ1) is 9.09. The van der Waals surface area contributed by atoms with Crippen molar-refractivity contribution in [1.82, 2.24) is 0 Å². The van der Waals surface area contributed by atoms with Gasteiger partial charge >= 0.3 is 0 Å². The number of hydrogen-bond donors (Lipinski definition) is 0. The third kappa shape index (κ3) is 3.70. The summed E-state index contributed by atoms with van der Waals surface area (Å²) in [5.41, 5.74) is 3.03. The Hall–Kier alpha value is -1.56. The zero-order valence-electron chi connectivity index (χ0n) is 12.2. The molecular formula is C19H23. The maximum Gasteiger partial charge on any atom is 0.00192 e. The van der Waals surface area contributed by atoms with Gasteiger partial charge in [-0.05, 0) is 29.4 Å². The molecule has 99 valence electrons. The van der Waals surface area contributed by atoms with Gasteiger partial charge in [-0.1, -0.05) is 81.4 Å². The molecule has 0 atom stereocenters. The summed E-state index contributed by atoms with van der Waals surface area (Å²) >= 11 is 0. The van der Waals surface area contributed by atoms with Crippen molar-refractivity contribution in [1.29, 1.82) is 0 Å². The van der Waals surface area contributed by atoms with Crippen LogP contribution in [0.4, 0.5) is 0 Å². The molecule has 0 aromatic heterocycles. The van der Waals surface area contributed by atoms with E-state index in [4.69, 9.17) is 0 Å². The molecule has 0 bridgehead atoms. The summed E-state index contributed by atoms with van der Waals surface area (Å²) in [6, 6.07) is 21.5. The topological polar surface area (TPSA) is 0 Å². The van der Waals surface area contributed by atoms with Crippen molar-refractivity contribution >= 4 is 0 Å². The highest BCUT2D eigenvalue weighted by molar-refractivity contribution is 5.30. The van der Waals surface area contributed by atoms with Gasteiger partial charge in [0, 0.05) is 5.92 Å². The van der Waals surface area contributed by atoms with E-state index in [-0.39, 0.29) is 5.41 Å². The molecule has 0 fully saturated rings. The Kier molecular flexibility index (Phi) is 4.42. The number of benzene rings is 2. The van der Waals surface area contributed by atoms with E-state index in [1.54, 1.807) is 0 Å². The SMILES string of the molecule is C[C](CCC(C)(C)c1ccccc1)c1ccccc1. The summed E-state index contributed by atoms with van der Waals surface area (Å²) in [4.78, 5) is 0. The molecule has 0 saturated heterocycles. The van der Waals surface area contributed by atoms with Gasteiger partial charge in [-0.2, -0.15) is 0 Å². The first-order valence-electron chi connectivity index (χ1n) is 7.03. The van der Waals surface area contributed by atoms with Crippen LogP contribution in [0, 0.1) is 5.92 Å². The molecule has 1 radical (unpaired) electrons. The maximum absolute atomic E-state index is 2.33. The van der Waals surface area contributed by atoms with Gasteiger partial charge in [0.15, 0.2) is 0 Å². The molecule has 0 nitrogen and oxygen atoms in total. The minimum atomic E-state index is 0.233. The summed E-state index contributed by atoms with van der Waals surface area (Å²) in [5.74, 6) is 1.48. The van der Waals surface area contributed by atoms with E-state index >= 15 is 0 Å². The fraction of sp³-hybridized carbons (Fsp3) is 0.316. The molecule has 19 heavy (non-hydrogen) atoms. The van der Waals surface area contributed by atoms with Crippen molar-refractivity contribution in [2.24, 2.45) is 0 Å². The Bertz CT molecular complexity index is 482. The minimum absolute atomic E-state index is 0.233. The van der Waals surface area contributed by atoms with Crippen molar-refractivity contribution in [2.75, 3.05) is 0 Å². The maximum atomic E-state index is 2.33. The summed E-state index contributed by atoms with van der Waals surface area (Å²) in [6.07, 6.45) is 2.32. The highest BCUT2D eigenvalue weighted by Crippen LogP contribution is 2.31. The Morgan fingerprint density at radius 1 is 0.842 bits per heavy atom. The molecule has 2 aromatic carbocycles. The number of rotatable bonds is 5. The molecule has 0 N–H and O–H groups in total. The van der Waals surface area contributed by atoms with E-state index in [1.807, 2.05) is 0 Å². The molecule has 0 heteroatoms. The van der Waals surface area contributed by atoms with Gasteiger partial charge in [0.2, 0.25) is 0 Å². The van der Waals surface area contributed by atoms with Gasteiger partial charge in [0.05, 0.1) is 0 Å². The van der Waals surface area contributed by atoms with Crippen molar-refractivity contribution < 1.29 is 0 Å². The fourth-order valence-electron chi connectivity index (χ4n) is 2.40. The van der Waals surface area contributed by atoms with Gasteiger partial charge in [0.1, 0.15) is 0 Å². The van der Waals surface area contributed by atoms with Crippen LogP contribution in [-0.4, -0.2) is 0 Å². The van der Waals surface area contributed by atoms with Crippen molar-refractivity contribution in [2.45, 2.75) is 39.0 Å². The second-order valence-corrected chi connectivity index (χ2v) is 5.90. The van der Waals surface area contributed by atoms with Crippen LogP contribution in [0.15, 0.2) is 60.7 Å². The monoisotopic (exact) mass is 251 g/mol. The smallest absolute Gasteiger partial charge is 0.00192 e. The normalized spacial score (nSPS) is 11.8. The molecular weight excluding hydrogens is 228 g/mol. The summed E-state index contributed by atoms with van der Waals surface area (Å²) in [6.45, 7) is 6.91. The highest BCUT2D eigenvalue weighted by Gasteiger charge is 2.21. The van der Waals surface area contributed by atoms with Crippen LogP contribution in [0.3, 0.4) is 0 Å². The Morgan fingerprint density at radius 2 is 1.37 bits per heavy atom. The quantitative estimate of drug-likeness (QED) is 0.668. The third-order valence-corrected chi connectivity index (χ3v) is 3.95. The lowest BCUT2D eigenvalue weighted by Gasteiger charge is -2.26. The number of hydrogen-bond acceptors (Lipinski definition) is 0. The lowest BCUT2D eigenvalue weighted by Crippen LogP contribution is -2.18. The van der Waals surface area contributed by atoms with Crippen LogP contribution < -0.4 is 0 Å². The minimum Gasteiger partial charge on any atom is -0.0622 e. The second kappa shape index (κ2) is 6.06. The molecule has 0 saturated carbocycles. The van der Waals surface area contributed by atoms with Crippen LogP contribution >= 0.6 is 0 Å². The first kappa shape index (κ1) is 13.9. The predicted octanol–water partition coefficient (Wildman–Crippen LogP) is 5.39. The molecule has 0 aliphatic carbocycles. The van der Waals surface area contributed by atoms with Crippen LogP contribution in [0.2, 0.25) is 0 Å². The molecule has 0 aliphatic rings. The lowest BCUT2D eigenvalue weighted by atomic mass is 9.78.